The zero-order valence-corrected chi connectivity index (χ0v) is 11.8. The number of hydrogen-bond donors (Lipinski definition) is 2. The van der Waals surface area contributed by atoms with Gasteiger partial charge in [0.2, 0.25) is 5.91 Å². The SMILES string of the molecule is CNC(=O)CNC(=O)COC(=O)c1ccccc1Br. The van der Waals surface area contributed by atoms with Crippen LogP contribution in [-0.4, -0.2) is 38.0 Å². The van der Waals surface area contributed by atoms with Crippen LogP contribution in [0.3, 0.4) is 0 Å². The van der Waals surface area contributed by atoms with Gasteiger partial charge in [-0.25, -0.2) is 4.79 Å². The minimum atomic E-state index is -0.609. The van der Waals surface area contributed by atoms with Gasteiger partial charge < -0.3 is 15.4 Å². The van der Waals surface area contributed by atoms with Crippen LogP contribution >= 0.6 is 15.9 Å². The van der Waals surface area contributed by atoms with E-state index in [9.17, 15) is 14.4 Å². The molecule has 0 fully saturated rings. The summed E-state index contributed by atoms with van der Waals surface area (Å²) in [5.74, 6) is -1.47. The standard InChI is InChI=1S/C12H13BrN2O4/c1-14-10(16)6-15-11(17)7-19-12(18)8-4-2-3-5-9(8)13/h2-5H,6-7H2,1H3,(H,14,16)(H,15,17). The van der Waals surface area contributed by atoms with Crippen molar-refractivity contribution in [1.29, 1.82) is 0 Å². The number of esters is 1. The first kappa shape index (κ1) is 15.2. The molecular formula is C12H13BrN2O4. The maximum absolute atomic E-state index is 11.7. The van der Waals surface area contributed by atoms with Crippen molar-refractivity contribution in [2.24, 2.45) is 0 Å². The normalized spacial score (nSPS) is 9.58. The number of benzene rings is 1. The van der Waals surface area contributed by atoms with Gasteiger partial charge in [0.05, 0.1) is 12.1 Å². The van der Waals surface area contributed by atoms with Crippen LogP contribution in [-0.2, 0) is 14.3 Å². The van der Waals surface area contributed by atoms with Crippen LogP contribution in [0.4, 0.5) is 0 Å². The summed E-state index contributed by atoms with van der Waals surface area (Å²) < 4.78 is 5.41. The van der Waals surface area contributed by atoms with Crippen molar-refractivity contribution >= 4 is 33.7 Å². The Labute approximate surface area is 118 Å². The maximum Gasteiger partial charge on any atom is 0.339 e. The Hall–Kier alpha value is -1.89. The van der Waals surface area contributed by atoms with Gasteiger partial charge in [0.15, 0.2) is 6.61 Å². The molecule has 0 saturated heterocycles. The Morgan fingerprint density at radius 2 is 1.89 bits per heavy atom. The summed E-state index contributed by atoms with van der Waals surface area (Å²) in [6.45, 7) is -0.584. The van der Waals surface area contributed by atoms with Crippen LogP contribution in [0.25, 0.3) is 0 Å². The molecule has 19 heavy (non-hydrogen) atoms. The lowest BCUT2D eigenvalue weighted by molar-refractivity contribution is -0.127. The van der Waals surface area contributed by atoms with E-state index in [1.54, 1.807) is 24.3 Å². The lowest BCUT2D eigenvalue weighted by atomic mass is 10.2. The average molecular weight is 329 g/mol. The molecule has 0 unspecified atom stereocenters. The monoisotopic (exact) mass is 328 g/mol. The van der Waals surface area contributed by atoms with Crippen molar-refractivity contribution < 1.29 is 19.1 Å². The molecule has 0 atom stereocenters. The summed E-state index contributed by atoms with van der Waals surface area (Å²) in [7, 11) is 1.46. The van der Waals surface area contributed by atoms with E-state index in [1.807, 2.05) is 0 Å². The van der Waals surface area contributed by atoms with Gasteiger partial charge in [-0.3, -0.25) is 9.59 Å². The number of carbonyl (C=O) groups is 3. The minimum absolute atomic E-state index is 0.151. The van der Waals surface area contributed by atoms with Gasteiger partial charge in [0, 0.05) is 11.5 Å². The minimum Gasteiger partial charge on any atom is -0.452 e. The lowest BCUT2D eigenvalue weighted by Gasteiger charge is -2.06. The fourth-order valence-corrected chi connectivity index (χ4v) is 1.60. The first-order chi connectivity index (χ1) is 9.04. The topological polar surface area (TPSA) is 84.5 Å². The van der Waals surface area contributed by atoms with Crippen molar-refractivity contribution in [2.75, 3.05) is 20.2 Å². The van der Waals surface area contributed by atoms with E-state index >= 15 is 0 Å². The van der Waals surface area contributed by atoms with Gasteiger partial charge in [-0.15, -0.1) is 0 Å². The maximum atomic E-state index is 11.7. The molecule has 0 aromatic heterocycles. The molecule has 0 aliphatic rings. The van der Waals surface area contributed by atoms with E-state index in [2.05, 4.69) is 26.6 Å². The fourth-order valence-electron chi connectivity index (χ4n) is 1.15. The smallest absolute Gasteiger partial charge is 0.339 e. The second kappa shape index (κ2) is 7.52. The molecule has 6 nitrogen and oxygen atoms in total. The average Bonchev–Trinajstić information content (AvgIpc) is 2.42. The summed E-state index contributed by atoms with van der Waals surface area (Å²) in [6.07, 6.45) is 0. The summed E-state index contributed by atoms with van der Waals surface area (Å²) >= 11 is 3.21. The van der Waals surface area contributed by atoms with Gasteiger partial charge in [0.1, 0.15) is 0 Å². The molecule has 0 radical (unpaired) electrons. The van der Waals surface area contributed by atoms with E-state index < -0.39 is 18.5 Å². The Kier molecular flexibility index (Phi) is 6.01. The third kappa shape index (κ3) is 5.09. The summed E-state index contributed by atoms with van der Waals surface area (Å²) in [5.41, 5.74) is 0.335. The van der Waals surface area contributed by atoms with E-state index in [-0.39, 0.29) is 12.5 Å². The highest BCUT2D eigenvalue weighted by Crippen LogP contribution is 2.16. The highest BCUT2D eigenvalue weighted by molar-refractivity contribution is 9.10. The van der Waals surface area contributed by atoms with E-state index in [1.165, 1.54) is 7.05 Å². The second-order valence-electron chi connectivity index (χ2n) is 3.51. The molecular weight excluding hydrogens is 316 g/mol. The van der Waals surface area contributed by atoms with Crippen molar-refractivity contribution in [2.45, 2.75) is 0 Å². The molecule has 0 saturated carbocycles. The number of amides is 2. The largest absolute Gasteiger partial charge is 0.452 e. The van der Waals surface area contributed by atoms with Gasteiger partial charge in [-0.05, 0) is 28.1 Å². The number of rotatable bonds is 5. The van der Waals surface area contributed by atoms with E-state index in [4.69, 9.17) is 4.74 Å². The molecule has 7 heteroatoms. The molecule has 0 bridgehead atoms. The van der Waals surface area contributed by atoms with Crippen LogP contribution in [0.5, 0.6) is 0 Å². The summed E-state index contributed by atoms with van der Waals surface area (Å²) in [6, 6.07) is 6.72. The second-order valence-corrected chi connectivity index (χ2v) is 4.36. The first-order valence-electron chi connectivity index (χ1n) is 5.43. The van der Waals surface area contributed by atoms with Crippen LogP contribution in [0.2, 0.25) is 0 Å². The zero-order chi connectivity index (χ0) is 14.3. The molecule has 0 aliphatic carbocycles. The molecule has 0 heterocycles. The van der Waals surface area contributed by atoms with Crippen LogP contribution in [0, 0.1) is 0 Å². The molecule has 0 spiro atoms. The summed E-state index contributed by atoms with van der Waals surface area (Å²) in [5, 5.41) is 4.67. The summed E-state index contributed by atoms with van der Waals surface area (Å²) in [4.78, 5) is 33.8. The molecule has 1 aromatic carbocycles. The van der Waals surface area contributed by atoms with Gasteiger partial charge in [0.25, 0.3) is 5.91 Å². The van der Waals surface area contributed by atoms with Gasteiger partial charge in [-0.2, -0.15) is 0 Å². The fraction of sp³-hybridized carbons (Fsp3) is 0.250. The van der Waals surface area contributed by atoms with Crippen molar-refractivity contribution in [1.82, 2.24) is 10.6 Å². The van der Waals surface area contributed by atoms with Crippen molar-refractivity contribution in [3.8, 4) is 0 Å². The number of carbonyl (C=O) groups excluding carboxylic acids is 3. The number of nitrogens with one attached hydrogen (secondary N) is 2. The molecule has 2 amide bonds. The molecule has 102 valence electrons. The zero-order valence-electron chi connectivity index (χ0n) is 10.2. The Morgan fingerprint density at radius 1 is 1.21 bits per heavy atom. The van der Waals surface area contributed by atoms with Crippen molar-refractivity contribution in [3.63, 3.8) is 0 Å². The van der Waals surface area contributed by atoms with Gasteiger partial charge in [-0.1, -0.05) is 12.1 Å². The van der Waals surface area contributed by atoms with Gasteiger partial charge >= 0.3 is 5.97 Å². The van der Waals surface area contributed by atoms with E-state index in [0.29, 0.717) is 10.0 Å². The number of hydrogen-bond acceptors (Lipinski definition) is 4. The van der Waals surface area contributed by atoms with Crippen molar-refractivity contribution in [3.05, 3.63) is 34.3 Å². The Morgan fingerprint density at radius 3 is 2.53 bits per heavy atom. The predicted molar refractivity (Wildman–Crippen MR) is 71.5 cm³/mol. The quantitative estimate of drug-likeness (QED) is 0.769. The van der Waals surface area contributed by atoms with Crippen LogP contribution in [0.15, 0.2) is 28.7 Å². The molecule has 1 rings (SSSR count). The van der Waals surface area contributed by atoms with Crippen LogP contribution in [0.1, 0.15) is 10.4 Å². The molecule has 0 aliphatic heterocycles. The first-order valence-corrected chi connectivity index (χ1v) is 6.23. The predicted octanol–water partition coefficient (Wildman–Crippen LogP) is 0.468. The Bertz CT molecular complexity index is 490. The molecule has 1 aromatic rings. The third-order valence-corrected chi connectivity index (χ3v) is 2.84. The molecule has 2 N–H and O–H groups in total. The third-order valence-electron chi connectivity index (χ3n) is 2.15. The number of halogens is 1. The highest BCUT2D eigenvalue weighted by atomic mass is 79.9. The Balaban J connectivity index is 2.40. The van der Waals surface area contributed by atoms with E-state index in [0.717, 1.165) is 0 Å². The highest BCUT2D eigenvalue weighted by Gasteiger charge is 2.13. The van der Waals surface area contributed by atoms with Crippen LogP contribution < -0.4 is 10.6 Å². The lowest BCUT2D eigenvalue weighted by Crippen LogP contribution is -2.37. The number of ether oxygens (including phenoxy) is 1. The number of likely N-dealkylation sites (N-methyl/N-ethyl adjacent to an activating group) is 1.